The number of aromatic nitrogens is 2. The molecular formula is C19H21N3O2. The highest BCUT2D eigenvalue weighted by molar-refractivity contribution is 5.94. The first-order valence-corrected chi connectivity index (χ1v) is 8.17. The zero-order valence-electron chi connectivity index (χ0n) is 13.7. The van der Waals surface area contributed by atoms with Crippen molar-refractivity contribution >= 4 is 5.91 Å². The number of aryl methyl sites for hydroxylation is 1. The summed E-state index contributed by atoms with van der Waals surface area (Å²) in [5.41, 5.74) is 1.91. The fraction of sp³-hybridized carbons (Fsp3) is 0.263. The number of carbonyl (C=O) groups excluding carboxylic acids is 1. The van der Waals surface area contributed by atoms with Crippen molar-refractivity contribution < 1.29 is 9.21 Å². The van der Waals surface area contributed by atoms with E-state index in [2.05, 4.69) is 17.3 Å². The van der Waals surface area contributed by atoms with Crippen molar-refractivity contribution in [3.63, 3.8) is 0 Å². The molecule has 0 fully saturated rings. The summed E-state index contributed by atoms with van der Waals surface area (Å²) in [5, 5.41) is 7.23. The van der Waals surface area contributed by atoms with E-state index in [1.807, 2.05) is 48.7 Å². The second-order valence-corrected chi connectivity index (χ2v) is 5.67. The Morgan fingerprint density at radius 2 is 2.08 bits per heavy atom. The highest BCUT2D eigenvalue weighted by Gasteiger charge is 2.18. The van der Waals surface area contributed by atoms with Gasteiger partial charge in [-0.1, -0.05) is 25.5 Å². The topological polar surface area (TPSA) is 60.1 Å². The largest absolute Gasteiger partial charge is 0.467 e. The molecule has 124 valence electrons. The van der Waals surface area contributed by atoms with Gasteiger partial charge in [0.25, 0.3) is 5.91 Å². The Morgan fingerprint density at radius 1 is 1.25 bits per heavy atom. The minimum absolute atomic E-state index is 0.0956. The molecule has 0 spiro atoms. The lowest BCUT2D eigenvalue weighted by atomic mass is 10.1. The van der Waals surface area contributed by atoms with Gasteiger partial charge in [-0.05, 0) is 42.3 Å². The van der Waals surface area contributed by atoms with E-state index in [0.29, 0.717) is 12.1 Å². The molecule has 3 rings (SSSR count). The Morgan fingerprint density at radius 3 is 2.71 bits per heavy atom. The highest BCUT2D eigenvalue weighted by Crippen LogP contribution is 2.17. The zero-order chi connectivity index (χ0) is 16.8. The molecule has 0 saturated carbocycles. The number of nitrogens with one attached hydrogen (secondary N) is 1. The minimum Gasteiger partial charge on any atom is -0.467 e. The van der Waals surface area contributed by atoms with Crippen LogP contribution in [0, 0.1) is 0 Å². The highest BCUT2D eigenvalue weighted by atomic mass is 16.3. The molecule has 1 amide bonds. The van der Waals surface area contributed by atoms with Gasteiger partial charge in [0.2, 0.25) is 0 Å². The van der Waals surface area contributed by atoms with E-state index in [1.54, 1.807) is 17.1 Å². The molecule has 1 aromatic carbocycles. The van der Waals surface area contributed by atoms with Crippen molar-refractivity contribution in [1.29, 1.82) is 0 Å². The van der Waals surface area contributed by atoms with Crippen LogP contribution in [0.3, 0.4) is 0 Å². The van der Waals surface area contributed by atoms with Crippen LogP contribution in [0.15, 0.2) is 65.5 Å². The lowest BCUT2D eigenvalue weighted by Gasteiger charge is -2.16. The standard InChI is InChI=1S/C19H21N3O2/c1-2-5-15-7-9-16(10-8-15)19(23)20-14-17(18-6-3-13-24-18)22-12-4-11-21-22/h3-4,6-13,17H,2,5,14H2,1H3,(H,20,23). The molecule has 5 nitrogen and oxygen atoms in total. The third-order valence-electron chi connectivity index (χ3n) is 3.93. The first kappa shape index (κ1) is 16.1. The molecule has 0 bridgehead atoms. The van der Waals surface area contributed by atoms with Crippen LogP contribution in [0.1, 0.15) is 41.1 Å². The quantitative estimate of drug-likeness (QED) is 0.724. The van der Waals surface area contributed by atoms with Crippen LogP contribution in [-0.4, -0.2) is 22.2 Å². The molecule has 5 heteroatoms. The lowest BCUT2D eigenvalue weighted by Crippen LogP contribution is -2.31. The van der Waals surface area contributed by atoms with Gasteiger partial charge in [0, 0.05) is 24.5 Å². The summed E-state index contributed by atoms with van der Waals surface area (Å²) in [5.74, 6) is 0.666. The van der Waals surface area contributed by atoms with Crippen LogP contribution >= 0.6 is 0 Å². The van der Waals surface area contributed by atoms with Crippen molar-refractivity contribution in [2.75, 3.05) is 6.54 Å². The Balaban J connectivity index is 1.67. The zero-order valence-corrected chi connectivity index (χ0v) is 13.7. The van der Waals surface area contributed by atoms with Crippen molar-refractivity contribution in [1.82, 2.24) is 15.1 Å². The van der Waals surface area contributed by atoms with Crippen LogP contribution in [0.25, 0.3) is 0 Å². The fourth-order valence-corrected chi connectivity index (χ4v) is 2.67. The van der Waals surface area contributed by atoms with Gasteiger partial charge in [0.05, 0.1) is 6.26 Å². The van der Waals surface area contributed by atoms with Crippen LogP contribution in [-0.2, 0) is 6.42 Å². The maximum absolute atomic E-state index is 12.4. The molecule has 1 N–H and O–H groups in total. The Hall–Kier alpha value is -2.82. The van der Waals surface area contributed by atoms with Crippen LogP contribution < -0.4 is 5.32 Å². The SMILES string of the molecule is CCCc1ccc(C(=O)NCC(c2ccco2)n2cccn2)cc1. The van der Waals surface area contributed by atoms with Gasteiger partial charge in [0.1, 0.15) is 11.8 Å². The molecule has 1 atom stereocenters. The van der Waals surface area contributed by atoms with Gasteiger partial charge in [-0.3, -0.25) is 9.48 Å². The Labute approximate surface area is 141 Å². The number of nitrogens with zero attached hydrogens (tertiary/aromatic N) is 2. The van der Waals surface area contributed by atoms with E-state index >= 15 is 0 Å². The smallest absolute Gasteiger partial charge is 0.251 e. The number of benzene rings is 1. The molecular weight excluding hydrogens is 302 g/mol. The van der Waals surface area contributed by atoms with E-state index in [9.17, 15) is 4.79 Å². The van der Waals surface area contributed by atoms with E-state index < -0.39 is 0 Å². The van der Waals surface area contributed by atoms with Crippen molar-refractivity contribution in [3.05, 3.63) is 78.0 Å². The van der Waals surface area contributed by atoms with Gasteiger partial charge in [-0.2, -0.15) is 5.10 Å². The van der Waals surface area contributed by atoms with Crippen molar-refractivity contribution in [2.24, 2.45) is 0 Å². The van der Waals surface area contributed by atoms with E-state index in [4.69, 9.17) is 4.42 Å². The van der Waals surface area contributed by atoms with Gasteiger partial charge in [0.15, 0.2) is 0 Å². The molecule has 0 aliphatic rings. The number of amides is 1. The number of hydrogen-bond acceptors (Lipinski definition) is 3. The molecule has 0 aliphatic heterocycles. The van der Waals surface area contributed by atoms with E-state index in [-0.39, 0.29) is 11.9 Å². The average molecular weight is 323 g/mol. The average Bonchev–Trinajstić information content (AvgIpc) is 3.30. The molecule has 1 unspecified atom stereocenters. The minimum atomic E-state index is -0.168. The van der Waals surface area contributed by atoms with Gasteiger partial charge in [-0.15, -0.1) is 0 Å². The molecule has 2 heterocycles. The number of rotatable bonds is 7. The molecule has 3 aromatic rings. The number of carbonyl (C=O) groups is 1. The van der Waals surface area contributed by atoms with Gasteiger partial charge in [-0.25, -0.2) is 0 Å². The Kier molecular flexibility index (Phi) is 5.11. The van der Waals surface area contributed by atoms with Gasteiger partial charge < -0.3 is 9.73 Å². The van der Waals surface area contributed by atoms with Crippen LogP contribution in [0.4, 0.5) is 0 Å². The summed E-state index contributed by atoms with van der Waals surface area (Å²) in [4.78, 5) is 12.4. The summed E-state index contributed by atoms with van der Waals surface area (Å²) in [6.07, 6.45) is 7.32. The third kappa shape index (κ3) is 3.74. The maximum atomic E-state index is 12.4. The second-order valence-electron chi connectivity index (χ2n) is 5.67. The monoisotopic (exact) mass is 323 g/mol. The summed E-state index contributed by atoms with van der Waals surface area (Å²) < 4.78 is 7.27. The predicted molar refractivity (Wildman–Crippen MR) is 91.8 cm³/mol. The van der Waals surface area contributed by atoms with E-state index in [0.717, 1.165) is 18.6 Å². The summed E-state index contributed by atoms with van der Waals surface area (Å²) in [6.45, 7) is 2.55. The number of furan rings is 1. The normalized spacial score (nSPS) is 12.0. The Bertz CT molecular complexity index is 712. The first-order valence-electron chi connectivity index (χ1n) is 8.17. The predicted octanol–water partition coefficient (Wildman–Crippen LogP) is 3.45. The molecule has 0 radical (unpaired) electrons. The summed E-state index contributed by atoms with van der Waals surface area (Å²) in [6, 6.07) is 13.2. The summed E-state index contributed by atoms with van der Waals surface area (Å²) in [7, 11) is 0. The maximum Gasteiger partial charge on any atom is 0.251 e. The third-order valence-corrected chi connectivity index (χ3v) is 3.93. The molecule has 0 aliphatic carbocycles. The number of hydrogen-bond donors (Lipinski definition) is 1. The first-order chi connectivity index (χ1) is 11.8. The van der Waals surface area contributed by atoms with Crippen molar-refractivity contribution in [3.8, 4) is 0 Å². The van der Waals surface area contributed by atoms with Gasteiger partial charge >= 0.3 is 0 Å². The summed E-state index contributed by atoms with van der Waals surface area (Å²) >= 11 is 0. The van der Waals surface area contributed by atoms with Crippen LogP contribution in [0.5, 0.6) is 0 Å². The molecule has 24 heavy (non-hydrogen) atoms. The molecule has 0 saturated heterocycles. The molecule has 2 aromatic heterocycles. The van der Waals surface area contributed by atoms with Crippen molar-refractivity contribution in [2.45, 2.75) is 25.8 Å². The lowest BCUT2D eigenvalue weighted by molar-refractivity contribution is 0.0948. The van der Waals surface area contributed by atoms with Crippen LogP contribution in [0.2, 0.25) is 0 Å². The van der Waals surface area contributed by atoms with E-state index in [1.165, 1.54) is 5.56 Å². The fourth-order valence-electron chi connectivity index (χ4n) is 2.67. The second kappa shape index (κ2) is 7.64.